The van der Waals surface area contributed by atoms with Gasteiger partial charge in [0.1, 0.15) is 5.75 Å². The summed E-state index contributed by atoms with van der Waals surface area (Å²) in [6.07, 6.45) is 2.45. The summed E-state index contributed by atoms with van der Waals surface area (Å²) in [5.74, 6) is 0.884. The molecule has 1 aromatic carbocycles. The molecule has 0 aliphatic heterocycles. The maximum Gasteiger partial charge on any atom is 0.202 e. The molecular weight excluding hydrogens is 274 g/mol. The van der Waals surface area contributed by atoms with Crippen molar-refractivity contribution in [2.24, 2.45) is 0 Å². The molecule has 22 heavy (non-hydrogen) atoms. The lowest BCUT2D eigenvalue weighted by Crippen LogP contribution is -2.13. The predicted octanol–water partition coefficient (Wildman–Crippen LogP) is 4.32. The number of ether oxygens (including phenoxy) is 1. The monoisotopic (exact) mass is 297 g/mol. The summed E-state index contributed by atoms with van der Waals surface area (Å²) in [6.45, 7) is 8.23. The lowest BCUT2D eigenvalue weighted by Gasteiger charge is -2.11. The molecule has 1 saturated carbocycles. The highest BCUT2D eigenvalue weighted by Gasteiger charge is 2.28. The number of carbonyl (C=O) groups is 1. The van der Waals surface area contributed by atoms with Crippen LogP contribution in [0.1, 0.15) is 51.8 Å². The zero-order valence-electron chi connectivity index (χ0n) is 13.8. The number of hydrogen-bond donors (Lipinski definition) is 0. The summed E-state index contributed by atoms with van der Waals surface area (Å²) < 4.78 is 8.10. The van der Waals surface area contributed by atoms with Crippen LogP contribution >= 0.6 is 0 Å². The van der Waals surface area contributed by atoms with Gasteiger partial charge in [-0.3, -0.25) is 4.79 Å². The Morgan fingerprint density at radius 1 is 1.18 bits per heavy atom. The van der Waals surface area contributed by atoms with Gasteiger partial charge in [0.05, 0.1) is 0 Å². The van der Waals surface area contributed by atoms with Crippen LogP contribution in [0.4, 0.5) is 0 Å². The van der Waals surface area contributed by atoms with E-state index in [0.717, 1.165) is 28.1 Å². The number of aryl methyl sites for hydroxylation is 3. The van der Waals surface area contributed by atoms with Gasteiger partial charge in [-0.1, -0.05) is 18.2 Å². The van der Waals surface area contributed by atoms with Gasteiger partial charge in [0.15, 0.2) is 6.61 Å². The number of hydrogen-bond acceptors (Lipinski definition) is 2. The number of para-hydroxylation sites is 1. The highest BCUT2D eigenvalue weighted by Crippen LogP contribution is 2.38. The van der Waals surface area contributed by atoms with E-state index >= 15 is 0 Å². The van der Waals surface area contributed by atoms with Crippen molar-refractivity contribution in [2.45, 2.75) is 46.6 Å². The van der Waals surface area contributed by atoms with Gasteiger partial charge in [-0.25, -0.2) is 0 Å². The Kier molecular flexibility index (Phi) is 3.81. The van der Waals surface area contributed by atoms with Crippen molar-refractivity contribution < 1.29 is 9.53 Å². The van der Waals surface area contributed by atoms with Crippen molar-refractivity contribution >= 4 is 5.78 Å². The van der Waals surface area contributed by atoms with Gasteiger partial charge >= 0.3 is 0 Å². The molecule has 1 heterocycles. The highest BCUT2D eigenvalue weighted by molar-refractivity contribution is 5.98. The molecule has 0 amide bonds. The molecule has 116 valence electrons. The van der Waals surface area contributed by atoms with E-state index in [1.807, 2.05) is 45.0 Å². The number of aromatic nitrogens is 1. The van der Waals surface area contributed by atoms with Gasteiger partial charge in [0.25, 0.3) is 0 Å². The van der Waals surface area contributed by atoms with Crippen molar-refractivity contribution in [2.75, 3.05) is 6.61 Å². The molecule has 0 N–H and O–H groups in total. The Morgan fingerprint density at radius 3 is 2.41 bits per heavy atom. The minimum absolute atomic E-state index is 0.0580. The number of ketones is 1. The van der Waals surface area contributed by atoms with Crippen molar-refractivity contribution in [1.29, 1.82) is 0 Å². The summed E-state index contributed by atoms with van der Waals surface area (Å²) in [6, 6.07) is 8.62. The van der Waals surface area contributed by atoms with Gasteiger partial charge in [-0.05, 0) is 57.7 Å². The van der Waals surface area contributed by atoms with Crippen molar-refractivity contribution in [3.8, 4) is 5.75 Å². The first kappa shape index (κ1) is 14.9. The van der Waals surface area contributed by atoms with Gasteiger partial charge in [0.2, 0.25) is 5.78 Å². The van der Waals surface area contributed by atoms with E-state index in [9.17, 15) is 4.79 Å². The maximum atomic E-state index is 12.5. The smallest absolute Gasteiger partial charge is 0.202 e. The second kappa shape index (κ2) is 5.64. The Balaban J connectivity index is 1.77. The molecule has 1 aliphatic rings. The van der Waals surface area contributed by atoms with Crippen LogP contribution in [0, 0.1) is 27.7 Å². The number of carbonyl (C=O) groups excluding carboxylic acids is 1. The zero-order chi connectivity index (χ0) is 15.9. The summed E-state index contributed by atoms with van der Waals surface area (Å²) in [5, 5.41) is 0. The molecule has 3 rings (SSSR count). The molecular formula is C19H23NO2. The van der Waals surface area contributed by atoms with E-state index in [2.05, 4.69) is 11.5 Å². The minimum atomic E-state index is 0.0580. The maximum absolute atomic E-state index is 12.5. The summed E-state index contributed by atoms with van der Waals surface area (Å²) >= 11 is 0. The molecule has 1 fully saturated rings. The average Bonchev–Trinajstić information content (AvgIpc) is 3.24. The third kappa shape index (κ3) is 2.68. The quantitative estimate of drug-likeness (QED) is 0.770. The molecule has 1 aliphatic carbocycles. The van der Waals surface area contributed by atoms with Crippen LogP contribution in [0.25, 0.3) is 0 Å². The molecule has 0 radical (unpaired) electrons. The zero-order valence-corrected chi connectivity index (χ0v) is 13.8. The van der Waals surface area contributed by atoms with Crippen LogP contribution in [0.15, 0.2) is 24.3 Å². The topological polar surface area (TPSA) is 31.2 Å². The Bertz CT molecular complexity index is 703. The van der Waals surface area contributed by atoms with Gasteiger partial charge in [0, 0.05) is 23.0 Å². The van der Waals surface area contributed by atoms with E-state index in [1.165, 1.54) is 18.5 Å². The number of rotatable bonds is 5. The van der Waals surface area contributed by atoms with Gasteiger partial charge in [-0.2, -0.15) is 0 Å². The summed E-state index contributed by atoms with van der Waals surface area (Å²) in [5.41, 5.74) is 5.19. The molecule has 3 nitrogen and oxygen atoms in total. The molecule has 3 heteroatoms. The highest BCUT2D eigenvalue weighted by atomic mass is 16.5. The van der Waals surface area contributed by atoms with Crippen LogP contribution in [0.5, 0.6) is 5.75 Å². The lowest BCUT2D eigenvalue weighted by atomic mass is 10.1. The van der Waals surface area contributed by atoms with Crippen LogP contribution in [-0.4, -0.2) is 17.0 Å². The van der Waals surface area contributed by atoms with E-state index in [-0.39, 0.29) is 12.4 Å². The normalized spacial score (nSPS) is 14.2. The number of nitrogens with zero attached hydrogens (tertiary/aromatic N) is 1. The van der Waals surface area contributed by atoms with E-state index < -0.39 is 0 Å². The molecule has 0 atom stereocenters. The van der Waals surface area contributed by atoms with Crippen LogP contribution in [0.3, 0.4) is 0 Å². The fourth-order valence-electron chi connectivity index (χ4n) is 3.20. The fraction of sp³-hybridized carbons (Fsp3) is 0.421. The van der Waals surface area contributed by atoms with Crippen molar-refractivity contribution in [3.63, 3.8) is 0 Å². The average molecular weight is 297 g/mol. The first-order chi connectivity index (χ1) is 10.5. The molecule has 0 saturated heterocycles. The Hall–Kier alpha value is -2.03. The molecule has 2 aromatic rings. The van der Waals surface area contributed by atoms with E-state index in [4.69, 9.17) is 4.74 Å². The lowest BCUT2D eigenvalue weighted by molar-refractivity contribution is 0.0920. The van der Waals surface area contributed by atoms with E-state index in [0.29, 0.717) is 6.04 Å². The molecule has 0 unspecified atom stereocenters. The first-order valence-corrected chi connectivity index (χ1v) is 7.89. The first-order valence-electron chi connectivity index (χ1n) is 7.89. The third-order valence-electron chi connectivity index (χ3n) is 4.45. The standard InChI is InChI=1S/C19H23NO2/c1-12-6-5-7-13(2)19(12)22-11-18(21)17-10-14(3)20(15(17)4)16-8-9-16/h5-7,10,16H,8-9,11H2,1-4H3. The summed E-state index contributed by atoms with van der Waals surface area (Å²) in [7, 11) is 0. The minimum Gasteiger partial charge on any atom is -0.485 e. The predicted molar refractivity (Wildman–Crippen MR) is 87.9 cm³/mol. The van der Waals surface area contributed by atoms with E-state index in [1.54, 1.807) is 0 Å². The largest absolute Gasteiger partial charge is 0.485 e. The SMILES string of the molecule is Cc1cccc(C)c1OCC(=O)c1cc(C)n(C2CC2)c1C. The second-order valence-corrected chi connectivity index (χ2v) is 6.32. The molecule has 0 bridgehead atoms. The van der Waals surface area contributed by atoms with Gasteiger partial charge in [-0.15, -0.1) is 0 Å². The van der Waals surface area contributed by atoms with Crippen LogP contribution in [-0.2, 0) is 0 Å². The number of Topliss-reactive ketones (excluding diaryl/α,β-unsaturated/α-hetero) is 1. The Labute approximate surface area is 131 Å². The van der Waals surface area contributed by atoms with Crippen LogP contribution < -0.4 is 4.74 Å². The second-order valence-electron chi connectivity index (χ2n) is 6.32. The van der Waals surface area contributed by atoms with Crippen LogP contribution in [0.2, 0.25) is 0 Å². The third-order valence-corrected chi connectivity index (χ3v) is 4.45. The summed E-state index contributed by atoms with van der Waals surface area (Å²) in [4.78, 5) is 12.5. The fourth-order valence-corrected chi connectivity index (χ4v) is 3.20. The van der Waals surface area contributed by atoms with Crippen molar-refractivity contribution in [3.05, 3.63) is 52.3 Å². The van der Waals surface area contributed by atoms with Gasteiger partial charge < -0.3 is 9.30 Å². The molecule has 0 spiro atoms. The Morgan fingerprint density at radius 2 is 1.82 bits per heavy atom. The molecule has 1 aromatic heterocycles. The number of benzene rings is 1. The van der Waals surface area contributed by atoms with Crippen molar-refractivity contribution in [1.82, 2.24) is 4.57 Å².